The lowest BCUT2D eigenvalue weighted by atomic mass is 10.1. The molecule has 1 N–H and O–H groups in total. The van der Waals surface area contributed by atoms with Crippen molar-refractivity contribution >= 4 is 0 Å². The van der Waals surface area contributed by atoms with Crippen molar-refractivity contribution in [3.05, 3.63) is 66.6 Å². The van der Waals surface area contributed by atoms with Gasteiger partial charge in [-0.25, -0.2) is 4.68 Å². The van der Waals surface area contributed by atoms with Crippen LogP contribution in [0.3, 0.4) is 0 Å². The largest absolute Gasteiger partial charge is 0.314 e. The highest BCUT2D eigenvalue weighted by Crippen LogP contribution is 2.19. The number of nitrogens with zero attached hydrogens (tertiary/aromatic N) is 4. The van der Waals surface area contributed by atoms with Gasteiger partial charge in [0.2, 0.25) is 0 Å². The maximum Gasteiger partial charge on any atom is 0.0829 e. The van der Waals surface area contributed by atoms with Gasteiger partial charge < -0.3 is 5.32 Å². The number of hydrogen-bond donors (Lipinski definition) is 1. The number of hydrogen-bond acceptors (Lipinski definition) is 4. The van der Waals surface area contributed by atoms with Gasteiger partial charge in [0.05, 0.1) is 17.6 Å². The molecule has 1 fully saturated rings. The molecule has 0 spiro atoms. The third-order valence-corrected chi connectivity index (χ3v) is 4.38. The topological polar surface area (TPSA) is 46.0 Å². The average Bonchev–Trinajstić information content (AvgIpc) is 3.18. The van der Waals surface area contributed by atoms with Gasteiger partial charge in [-0.1, -0.05) is 24.3 Å². The molecular weight excluding hydrogens is 298 g/mol. The molecule has 0 unspecified atom stereocenters. The van der Waals surface area contributed by atoms with Crippen LogP contribution in [0.25, 0.3) is 16.9 Å². The lowest BCUT2D eigenvalue weighted by Gasteiger charge is -2.27. The fraction of sp³-hybridized carbons (Fsp3) is 0.263. The average molecular weight is 319 g/mol. The first-order valence-electron chi connectivity index (χ1n) is 8.37. The lowest BCUT2D eigenvalue weighted by Crippen LogP contribution is -2.42. The lowest BCUT2D eigenvalue weighted by molar-refractivity contribution is 0.233. The fourth-order valence-corrected chi connectivity index (χ4v) is 3.02. The van der Waals surface area contributed by atoms with E-state index >= 15 is 0 Å². The van der Waals surface area contributed by atoms with E-state index in [0.29, 0.717) is 0 Å². The van der Waals surface area contributed by atoms with Crippen molar-refractivity contribution in [2.45, 2.75) is 6.54 Å². The highest BCUT2D eigenvalue weighted by atomic mass is 15.3. The summed E-state index contributed by atoms with van der Waals surface area (Å²) >= 11 is 0. The highest BCUT2D eigenvalue weighted by molar-refractivity contribution is 5.60. The summed E-state index contributed by atoms with van der Waals surface area (Å²) in [6.07, 6.45) is 5.55. The molecule has 5 heteroatoms. The van der Waals surface area contributed by atoms with E-state index in [0.717, 1.165) is 49.7 Å². The zero-order valence-corrected chi connectivity index (χ0v) is 13.6. The molecule has 3 heterocycles. The van der Waals surface area contributed by atoms with E-state index in [9.17, 15) is 0 Å². The minimum Gasteiger partial charge on any atom is -0.314 e. The van der Waals surface area contributed by atoms with Crippen LogP contribution >= 0.6 is 0 Å². The zero-order valence-electron chi connectivity index (χ0n) is 13.6. The van der Waals surface area contributed by atoms with Crippen LogP contribution < -0.4 is 5.32 Å². The second-order valence-electron chi connectivity index (χ2n) is 6.08. The fourth-order valence-electron chi connectivity index (χ4n) is 3.02. The van der Waals surface area contributed by atoms with Crippen molar-refractivity contribution in [3.63, 3.8) is 0 Å². The van der Waals surface area contributed by atoms with Crippen LogP contribution in [-0.2, 0) is 6.54 Å². The molecule has 1 aliphatic heterocycles. The molecule has 1 aromatic carbocycles. The van der Waals surface area contributed by atoms with Crippen LogP contribution in [0.1, 0.15) is 5.56 Å². The molecule has 0 amide bonds. The van der Waals surface area contributed by atoms with Gasteiger partial charge in [0.1, 0.15) is 0 Å². The second-order valence-corrected chi connectivity index (χ2v) is 6.08. The second kappa shape index (κ2) is 6.95. The Morgan fingerprint density at radius 3 is 2.50 bits per heavy atom. The van der Waals surface area contributed by atoms with Crippen LogP contribution in [0.2, 0.25) is 0 Å². The Kier molecular flexibility index (Phi) is 4.36. The molecule has 5 nitrogen and oxygen atoms in total. The van der Waals surface area contributed by atoms with Gasteiger partial charge in [-0.2, -0.15) is 5.10 Å². The first kappa shape index (κ1) is 15.1. The van der Waals surface area contributed by atoms with Crippen molar-refractivity contribution in [1.82, 2.24) is 25.0 Å². The van der Waals surface area contributed by atoms with Crippen LogP contribution in [0.4, 0.5) is 0 Å². The van der Waals surface area contributed by atoms with Gasteiger partial charge in [-0.05, 0) is 23.8 Å². The van der Waals surface area contributed by atoms with Crippen LogP contribution in [0.15, 0.2) is 61.1 Å². The van der Waals surface area contributed by atoms with Crippen molar-refractivity contribution in [2.24, 2.45) is 0 Å². The maximum atomic E-state index is 4.57. The van der Waals surface area contributed by atoms with E-state index < -0.39 is 0 Å². The molecule has 0 saturated carbocycles. The minimum absolute atomic E-state index is 0.971. The van der Waals surface area contributed by atoms with Gasteiger partial charge in [-0.3, -0.25) is 9.88 Å². The Morgan fingerprint density at radius 2 is 1.83 bits per heavy atom. The SMILES string of the molecule is c1cnn(-c2ccc(-c3ccc(CN4CCNCC4)cc3)nc2)c1. The van der Waals surface area contributed by atoms with Crippen molar-refractivity contribution < 1.29 is 0 Å². The van der Waals surface area contributed by atoms with Crippen LogP contribution in [0, 0.1) is 0 Å². The Hall–Kier alpha value is -2.50. The van der Waals surface area contributed by atoms with Crippen molar-refractivity contribution in [1.29, 1.82) is 0 Å². The molecule has 0 atom stereocenters. The first-order valence-corrected chi connectivity index (χ1v) is 8.37. The van der Waals surface area contributed by atoms with E-state index in [1.807, 2.05) is 35.3 Å². The Bertz CT molecular complexity index is 757. The molecule has 1 saturated heterocycles. The van der Waals surface area contributed by atoms with Gasteiger partial charge >= 0.3 is 0 Å². The molecule has 24 heavy (non-hydrogen) atoms. The molecule has 0 aliphatic carbocycles. The number of piperazine rings is 1. The summed E-state index contributed by atoms with van der Waals surface area (Å²) in [5, 5.41) is 7.61. The molecule has 1 aliphatic rings. The summed E-state index contributed by atoms with van der Waals surface area (Å²) in [6.45, 7) is 5.44. The molecular formula is C19H21N5. The normalized spacial score (nSPS) is 15.5. The van der Waals surface area contributed by atoms with E-state index in [1.165, 1.54) is 5.56 Å². The van der Waals surface area contributed by atoms with E-state index in [-0.39, 0.29) is 0 Å². The minimum atomic E-state index is 0.971. The number of pyridine rings is 1. The predicted octanol–water partition coefficient (Wildman–Crippen LogP) is 2.34. The summed E-state index contributed by atoms with van der Waals surface area (Å²) in [5.41, 5.74) is 4.46. The third-order valence-electron chi connectivity index (χ3n) is 4.38. The summed E-state index contributed by atoms with van der Waals surface area (Å²) < 4.78 is 1.81. The Balaban J connectivity index is 1.46. The van der Waals surface area contributed by atoms with Gasteiger partial charge in [0.25, 0.3) is 0 Å². The predicted molar refractivity (Wildman–Crippen MR) is 94.9 cm³/mol. The smallest absolute Gasteiger partial charge is 0.0829 e. The molecule has 3 aromatic rings. The van der Waals surface area contributed by atoms with Gasteiger partial charge in [0.15, 0.2) is 0 Å². The van der Waals surface area contributed by atoms with Crippen LogP contribution in [-0.4, -0.2) is 45.8 Å². The van der Waals surface area contributed by atoms with E-state index in [2.05, 4.69) is 44.6 Å². The maximum absolute atomic E-state index is 4.57. The van der Waals surface area contributed by atoms with Crippen LogP contribution in [0.5, 0.6) is 0 Å². The Morgan fingerprint density at radius 1 is 1.00 bits per heavy atom. The van der Waals surface area contributed by atoms with E-state index in [4.69, 9.17) is 0 Å². The summed E-state index contributed by atoms with van der Waals surface area (Å²) in [6, 6.07) is 14.7. The highest BCUT2D eigenvalue weighted by Gasteiger charge is 2.10. The monoisotopic (exact) mass is 319 g/mol. The quantitative estimate of drug-likeness (QED) is 0.802. The van der Waals surface area contributed by atoms with E-state index in [1.54, 1.807) is 6.20 Å². The number of benzene rings is 1. The van der Waals surface area contributed by atoms with Crippen molar-refractivity contribution in [2.75, 3.05) is 26.2 Å². The number of nitrogens with one attached hydrogen (secondary N) is 1. The number of rotatable bonds is 4. The summed E-state index contributed by atoms with van der Waals surface area (Å²) in [7, 11) is 0. The molecule has 122 valence electrons. The zero-order chi connectivity index (χ0) is 16.2. The summed E-state index contributed by atoms with van der Waals surface area (Å²) in [5.74, 6) is 0. The van der Waals surface area contributed by atoms with Gasteiger partial charge in [0, 0.05) is 50.7 Å². The molecule has 4 rings (SSSR count). The number of aromatic nitrogens is 3. The first-order chi connectivity index (χ1) is 11.9. The third kappa shape index (κ3) is 3.37. The molecule has 0 radical (unpaired) electrons. The molecule has 0 bridgehead atoms. The Labute approximate surface area is 142 Å². The standard InChI is InChI=1S/C19H21N5/c1-8-22-24(11-1)18-6-7-19(21-14-18)17-4-2-16(3-5-17)15-23-12-9-20-10-13-23/h1-8,11,14,20H,9-10,12-13,15H2. The van der Waals surface area contributed by atoms with Gasteiger partial charge in [-0.15, -0.1) is 0 Å². The van der Waals surface area contributed by atoms with Crippen molar-refractivity contribution in [3.8, 4) is 16.9 Å². The molecule has 2 aromatic heterocycles. The summed E-state index contributed by atoms with van der Waals surface area (Å²) in [4.78, 5) is 7.06.